The molecule has 0 fully saturated rings. The third-order valence-corrected chi connectivity index (χ3v) is 4.35. The molecular formula is C20H20N6O. The molecule has 4 rings (SSSR count). The van der Waals surface area contributed by atoms with Crippen molar-refractivity contribution in [2.24, 2.45) is 0 Å². The van der Waals surface area contributed by atoms with Crippen LogP contribution in [0.25, 0.3) is 17.0 Å². The summed E-state index contributed by atoms with van der Waals surface area (Å²) >= 11 is 0. The van der Waals surface area contributed by atoms with Crippen molar-refractivity contribution in [3.8, 4) is 11.4 Å². The van der Waals surface area contributed by atoms with Crippen LogP contribution < -0.4 is 5.32 Å². The lowest BCUT2D eigenvalue weighted by Gasteiger charge is -2.09. The highest BCUT2D eigenvalue weighted by Crippen LogP contribution is 2.16. The summed E-state index contributed by atoms with van der Waals surface area (Å²) in [5.41, 5.74) is 1.83. The Balaban J connectivity index is 1.29. The third kappa shape index (κ3) is 3.87. The lowest BCUT2D eigenvalue weighted by molar-refractivity contribution is -0.121. The van der Waals surface area contributed by atoms with Gasteiger partial charge in [-0.1, -0.05) is 36.4 Å². The first-order valence-electron chi connectivity index (χ1n) is 8.93. The van der Waals surface area contributed by atoms with Crippen molar-refractivity contribution in [1.82, 2.24) is 29.5 Å². The smallest absolute Gasteiger partial charge is 0.239 e. The van der Waals surface area contributed by atoms with Gasteiger partial charge in [0, 0.05) is 37.1 Å². The SMILES string of the molecule is O=C(Cn1ccnc1-c1ccccc1)NCCCc1nnc2ccccn12. The molecule has 1 N–H and O–H groups in total. The van der Waals surface area contributed by atoms with E-state index >= 15 is 0 Å². The molecule has 0 unspecified atom stereocenters. The van der Waals surface area contributed by atoms with Gasteiger partial charge in [-0.2, -0.15) is 0 Å². The van der Waals surface area contributed by atoms with Gasteiger partial charge in [0.05, 0.1) is 0 Å². The molecular weight excluding hydrogens is 340 g/mol. The van der Waals surface area contributed by atoms with Gasteiger partial charge in [-0.25, -0.2) is 4.98 Å². The second kappa shape index (κ2) is 7.82. The standard InChI is InChI=1S/C20H20N6O/c27-19(15-25-14-12-22-20(25)16-7-2-1-3-8-16)21-11-6-10-18-24-23-17-9-4-5-13-26(17)18/h1-5,7-9,12-14H,6,10-11,15H2,(H,21,27). The molecule has 7 heteroatoms. The minimum absolute atomic E-state index is 0.0312. The first-order valence-corrected chi connectivity index (χ1v) is 8.93. The number of aryl methyl sites for hydroxylation is 1. The Kier molecular flexibility index (Phi) is 4.91. The molecule has 0 radical (unpaired) electrons. The minimum Gasteiger partial charge on any atom is -0.355 e. The average Bonchev–Trinajstić information content (AvgIpc) is 3.33. The molecule has 0 aliphatic rings. The van der Waals surface area contributed by atoms with Crippen LogP contribution in [0.2, 0.25) is 0 Å². The maximum Gasteiger partial charge on any atom is 0.239 e. The van der Waals surface area contributed by atoms with E-state index in [2.05, 4.69) is 20.5 Å². The van der Waals surface area contributed by atoms with Crippen molar-refractivity contribution >= 4 is 11.6 Å². The van der Waals surface area contributed by atoms with Gasteiger partial charge < -0.3 is 9.88 Å². The van der Waals surface area contributed by atoms with Crippen molar-refractivity contribution in [1.29, 1.82) is 0 Å². The van der Waals surface area contributed by atoms with Crippen molar-refractivity contribution in [3.63, 3.8) is 0 Å². The van der Waals surface area contributed by atoms with Crippen molar-refractivity contribution in [2.75, 3.05) is 6.54 Å². The lowest BCUT2D eigenvalue weighted by atomic mass is 10.2. The van der Waals surface area contributed by atoms with E-state index in [9.17, 15) is 4.79 Å². The number of nitrogens with one attached hydrogen (secondary N) is 1. The van der Waals surface area contributed by atoms with E-state index in [-0.39, 0.29) is 12.5 Å². The van der Waals surface area contributed by atoms with Crippen molar-refractivity contribution < 1.29 is 4.79 Å². The minimum atomic E-state index is -0.0312. The maximum absolute atomic E-state index is 12.3. The molecule has 0 aliphatic carbocycles. The lowest BCUT2D eigenvalue weighted by Crippen LogP contribution is -2.28. The molecule has 0 bridgehead atoms. The quantitative estimate of drug-likeness (QED) is 0.513. The first-order chi connectivity index (χ1) is 13.3. The molecule has 0 saturated heterocycles. The van der Waals surface area contributed by atoms with E-state index in [1.807, 2.05) is 69.9 Å². The number of imidazole rings is 1. The number of hydrogen-bond acceptors (Lipinski definition) is 4. The summed E-state index contributed by atoms with van der Waals surface area (Å²) in [4.78, 5) is 16.6. The Bertz CT molecular complexity index is 1040. The fourth-order valence-corrected chi connectivity index (χ4v) is 3.03. The molecule has 0 atom stereocenters. The summed E-state index contributed by atoms with van der Waals surface area (Å²) in [6.45, 7) is 0.841. The van der Waals surface area contributed by atoms with Crippen molar-refractivity contribution in [2.45, 2.75) is 19.4 Å². The topological polar surface area (TPSA) is 77.1 Å². The van der Waals surface area contributed by atoms with E-state index < -0.39 is 0 Å². The monoisotopic (exact) mass is 360 g/mol. The fraction of sp³-hybridized carbons (Fsp3) is 0.200. The van der Waals surface area contributed by atoms with Gasteiger partial charge in [-0.15, -0.1) is 10.2 Å². The average molecular weight is 360 g/mol. The Labute approximate surface area is 156 Å². The highest BCUT2D eigenvalue weighted by atomic mass is 16.1. The molecule has 3 aromatic heterocycles. The van der Waals surface area contributed by atoms with Crippen LogP contribution in [0.1, 0.15) is 12.2 Å². The van der Waals surface area contributed by atoms with Crippen LogP contribution in [0.5, 0.6) is 0 Å². The molecule has 3 heterocycles. The van der Waals surface area contributed by atoms with Gasteiger partial charge in [0.25, 0.3) is 0 Å². The van der Waals surface area contributed by atoms with Gasteiger partial charge in [0.1, 0.15) is 18.2 Å². The van der Waals surface area contributed by atoms with Crippen LogP contribution in [-0.4, -0.2) is 36.6 Å². The number of carbonyl (C=O) groups excluding carboxylic acids is 1. The van der Waals surface area contributed by atoms with E-state index in [1.54, 1.807) is 6.20 Å². The second-order valence-electron chi connectivity index (χ2n) is 6.24. The molecule has 0 spiro atoms. The van der Waals surface area contributed by atoms with E-state index in [4.69, 9.17) is 0 Å². The van der Waals surface area contributed by atoms with E-state index in [0.29, 0.717) is 6.54 Å². The zero-order chi connectivity index (χ0) is 18.5. The van der Waals surface area contributed by atoms with Gasteiger partial charge in [-0.05, 0) is 18.6 Å². The summed E-state index contributed by atoms with van der Waals surface area (Å²) in [6, 6.07) is 15.7. The number of rotatable bonds is 7. The van der Waals surface area contributed by atoms with Crippen LogP contribution in [0.15, 0.2) is 67.1 Å². The largest absolute Gasteiger partial charge is 0.355 e. The molecule has 4 aromatic rings. The van der Waals surface area contributed by atoms with Crippen LogP contribution in [-0.2, 0) is 17.8 Å². The molecule has 27 heavy (non-hydrogen) atoms. The van der Waals surface area contributed by atoms with Gasteiger partial charge in [0.15, 0.2) is 5.65 Å². The Hall–Kier alpha value is -3.48. The number of pyridine rings is 1. The summed E-state index contributed by atoms with van der Waals surface area (Å²) < 4.78 is 3.83. The summed E-state index contributed by atoms with van der Waals surface area (Å²) in [5, 5.41) is 11.3. The Morgan fingerprint density at radius 1 is 1.00 bits per heavy atom. The first kappa shape index (κ1) is 17.0. The Morgan fingerprint density at radius 2 is 1.85 bits per heavy atom. The summed E-state index contributed by atoms with van der Waals surface area (Å²) in [5.74, 6) is 1.66. The molecule has 0 aliphatic heterocycles. The van der Waals surface area contributed by atoms with Crippen LogP contribution in [0.3, 0.4) is 0 Å². The number of hydrogen-bond donors (Lipinski definition) is 1. The molecule has 7 nitrogen and oxygen atoms in total. The van der Waals surface area contributed by atoms with Gasteiger partial charge >= 0.3 is 0 Å². The number of amides is 1. The highest BCUT2D eigenvalue weighted by Gasteiger charge is 2.09. The zero-order valence-electron chi connectivity index (χ0n) is 14.8. The molecule has 0 saturated carbocycles. The van der Waals surface area contributed by atoms with Crippen molar-refractivity contribution in [3.05, 3.63) is 72.9 Å². The molecule has 1 aromatic carbocycles. The van der Waals surface area contributed by atoms with Gasteiger partial charge in [-0.3, -0.25) is 9.20 Å². The number of nitrogens with zero attached hydrogens (tertiary/aromatic N) is 5. The van der Waals surface area contributed by atoms with E-state index in [1.165, 1.54) is 0 Å². The maximum atomic E-state index is 12.3. The number of aromatic nitrogens is 5. The third-order valence-electron chi connectivity index (χ3n) is 4.35. The number of fused-ring (bicyclic) bond motifs is 1. The highest BCUT2D eigenvalue weighted by molar-refractivity contribution is 5.76. The predicted molar refractivity (Wildman–Crippen MR) is 102 cm³/mol. The van der Waals surface area contributed by atoms with Crippen LogP contribution in [0.4, 0.5) is 0 Å². The second-order valence-corrected chi connectivity index (χ2v) is 6.24. The fourth-order valence-electron chi connectivity index (χ4n) is 3.03. The van der Waals surface area contributed by atoms with Gasteiger partial charge in [0.2, 0.25) is 5.91 Å². The molecule has 1 amide bonds. The van der Waals surface area contributed by atoms with Crippen LogP contribution >= 0.6 is 0 Å². The number of carbonyl (C=O) groups is 1. The zero-order valence-corrected chi connectivity index (χ0v) is 14.8. The summed E-state index contributed by atoms with van der Waals surface area (Å²) in [6.07, 6.45) is 7.05. The normalized spacial score (nSPS) is 11.0. The van der Waals surface area contributed by atoms with E-state index in [0.717, 1.165) is 35.7 Å². The Morgan fingerprint density at radius 3 is 2.74 bits per heavy atom. The summed E-state index contributed by atoms with van der Waals surface area (Å²) in [7, 11) is 0. The molecule has 136 valence electrons. The van der Waals surface area contributed by atoms with Crippen LogP contribution in [0, 0.1) is 0 Å². The number of benzene rings is 1. The predicted octanol–water partition coefficient (Wildman–Crippen LogP) is 2.34.